The second-order valence-electron chi connectivity index (χ2n) is 2.58. The Labute approximate surface area is 88.3 Å². The number of alkyl halides is 1. The monoisotopic (exact) mass is 207 g/mol. The van der Waals surface area contributed by atoms with Crippen molar-refractivity contribution in [1.82, 2.24) is 5.32 Å². The van der Waals surface area contributed by atoms with Crippen LogP contribution in [-0.2, 0) is 4.79 Å². The zero-order valence-corrected chi connectivity index (χ0v) is 8.34. The van der Waals surface area contributed by atoms with Crippen molar-refractivity contribution >= 4 is 17.5 Å². The van der Waals surface area contributed by atoms with Crippen LogP contribution in [0.2, 0.25) is 0 Å². The van der Waals surface area contributed by atoms with Crippen LogP contribution >= 0.6 is 11.6 Å². The average molecular weight is 208 g/mol. The molecule has 0 unspecified atom stereocenters. The summed E-state index contributed by atoms with van der Waals surface area (Å²) in [5.74, 6) is 5.52. The van der Waals surface area contributed by atoms with Gasteiger partial charge in [-0.15, -0.1) is 11.6 Å². The molecule has 0 atom stereocenters. The lowest BCUT2D eigenvalue weighted by atomic mass is 10.2. The molecule has 72 valence electrons. The van der Waals surface area contributed by atoms with Gasteiger partial charge < -0.3 is 5.32 Å². The number of hydrogen-bond acceptors (Lipinski definition) is 1. The summed E-state index contributed by atoms with van der Waals surface area (Å²) in [6, 6.07) is 9.59. The van der Waals surface area contributed by atoms with Gasteiger partial charge >= 0.3 is 0 Å². The fourth-order valence-electron chi connectivity index (χ4n) is 0.858. The molecule has 14 heavy (non-hydrogen) atoms. The molecule has 0 radical (unpaired) electrons. The first-order valence-electron chi connectivity index (χ1n) is 4.19. The minimum Gasteiger partial charge on any atom is -0.344 e. The van der Waals surface area contributed by atoms with Crippen LogP contribution in [-0.4, -0.2) is 18.3 Å². The lowest BCUT2D eigenvalue weighted by molar-refractivity contribution is -0.118. The molecule has 2 nitrogen and oxygen atoms in total. The van der Waals surface area contributed by atoms with Crippen molar-refractivity contribution in [3.8, 4) is 11.8 Å². The van der Waals surface area contributed by atoms with Crippen molar-refractivity contribution in [3.63, 3.8) is 0 Å². The Hall–Kier alpha value is -1.46. The summed E-state index contributed by atoms with van der Waals surface area (Å²) >= 11 is 5.29. The lowest BCUT2D eigenvalue weighted by Gasteiger charge is -1.93. The predicted molar refractivity (Wildman–Crippen MR) is 57.0 cm³/mol. The summed E-state index contributed by atoms with van der Waals surface area (Å²) in [5.41, 5.74) is 0.938. The highest BCUT2D eigenvalue weighted by Crippen LogP contribution is 1.93. The van der Waals surface area contributed by atoms with Crippen LogP contribution in [0.15, 0.2) is 30.3 Å². The van der Waals surface area contributed by atoms with Crippen LogP contribution in [0.5, 0.6) is 0 Å². The molecule has 0 spiro atoms. The number of nitrogens with one attached hydrogen (secondary N) is 1. The minimum atomic E-state index is -0.200. The number of carbonyl (C=O) groups is 1. The highest BCUT2D eigenvalue weighted by Gasteiger charge is 1.92. The molecule has 1 rings (SSSR count). The van der Waals surface area contributed by atoms with Crippen molar-refractivity contribution in [2.75, 3.05) is 12.4 Å². The van der Waals surface area contributed by atoms with Gasteiger partial charge in [0.05, 0.1) is 6.54 Å². The fourth-order valence-corrected chi connectivity index (χ4v) is 0.952. The number of hydrogen-bond donors (Lipinski definition) is 1. The summed E-state index contributed by atoms with van der Waals surface area (Å²) in [6.07, 6.45) is 0. The van der Waals surface area contributed by atoms with Gasteiger partial charge in [-0.05, 0) is 12.1 Å². The molecule has 1 aromatic rings. The van der Waals surface area contributed by atoms with Gasteiger partial charge in [-0.1, -0.05) is 30.0 Å². The molecule has 0 aliphatic carbocycles. The standard InChI is InChI=1S/C11H10ClNO/c12-9-11(14)13-8-4-7-10-5-2-1-3-6-10/h1-3,5-6H,8-9H2,(H,13,14). The average Bonchev–Trinajstić information content (AvgIpc) is 2.25. The minimum absolute atomic E-state index is 0.0208. The molecule has 0 saturated carbocycles. The van der Waals surface area contributed by atoms with E-state index in [0.717, 1.165) is 5.56 Å². The largest absolute Gasteiger partial charge is 0.344 e. The third-order valence-corrected chi connectivity index (χ3v) is 1.74. The molecule has 0 heterocycles. The van der Waals surface area contributed by atoms with Crippen molar-refractivity contribution in [1.29, 1.82) is 0 Å². The van der Waals surface area contributed by atoms with E-state index >= 15 is 0 Å². The number of benzene rings is 1. The molecule has 0 fully saturated rings. The summed E-state index contributed by atoms with van der Waals surface area (Å²) in [6.45, 7) is 0.334. The first kappa shape index (κ1) is 10.6. The Morgan fingerprint density at radius 1 is 1.36 bits per heavy atom. The first-order valence-corrected chi connectivity index (χ1v) is 4.73. The van der Waals surface area contributed by atoms with E-state index in [1.807, 2.05) is 30.3 Å². The number of carbonyl (C=O) groups excluding carboxylic acids is 1. The molecular formula is C11H10ClNO. The summed E-state index contributed by atoms with van der Waals surface area (Å²) in [4.78, 5) is 10.7. The maximum absolute atomic E-state index is 10.7. The van der Waals surface area contributed by atoms with E-state index in [0.29, 0.717) is 6.54 Å². The molecule has 1 N–H and O–H groups in total. The van der Waals surface area contributed by atoms with Gasteiger partial charge in [0, 0.05) is 5.56 Å². The van der Waals surface area contributed by atoms with Gasteiger partial charge in [-0.2, -0.15) is 0 Å². The summed E-state index contributed by atoms with van der Waals surface area (Å²) in [5, 5.41) is 2.56. The third kappa shape index (κ3) is 3.97. The second-order valence-corrected chi connectivity index (χ2v) is 2.85. The molecule has 0 aliphatic heterocycles. The molecule has 3 heteroatoms. The topological polar surface area (TPSA) is 29.1 Å². The van der Waals surface area contributed by atoms with E-state index in [4.69, 9.17) is 11.6 Å². The van der Waals surface area contributed by atoms with E-state index in [9.17, 15) is 4.79 Å². The molecule has 0 saturated heterocycles. The van der Waals surface area contributed by atoms with Crippen molar-refractivity contribution < 1.29 is 4.79 Å². The Bertz CT molecular complexity index is 351. The SMILES string of the molecule is O=C(CCl)NCC#Cc1ccccc1. The van der Waals surface area contributed by atoms with Gasteiger partial charge in [0.2, 0.25) is 5.91 Å². The van der Waals surface area contributed by atoms with Gasteiger partial charge in [0.25, 0.3) is 0 Å². The first-order chi connectivity index (χ1) is 6.83. The van der Waals surface area contributed by atoms with Crippen LogP contribution < -0.4 is 5.32 Å². The zero-order valence-electron chi connectivity index (χ0n) is 7.59. The van der Waals surface area contributed by atoms with E-state index < -0.39 is 0 Å². The number of amides is 1. The van der Waals surface area contributed by atoms with Crippen LogP contribution in [0.1, 0.15) is 5.56 Å². The zero-order chi connectivity index (χ0) is 10.2. The van der Waals surface area contributed by atoms with Gasteiger partial charge in [0.15, 0.2) is 0 Å². The summed E-state index contributed by atoms with van der Waals surface area (Å²) in [7, 11) is 0. The molecular weight excluding hydrogens is 198 g/mol. The maximum atomic E-state index is 10.7. The molecule has 0 aliphatic rings. The van der Waals surface area contributed by atoms with Gasteiger partial charge in [-0.25, -0.2) is 0 Å². The number of rotatable bonds is 2. The second kappa shape index (κ2) is 6.06. The Morgan fingerprint density at radius 2 is 2.07 bits per heavy atom. The normalized spacial score (nSPS) is 8.64. The van der Waals surface area contributed by atoms with E-state index in [-0.39, 0.29) is 11.8 Å². The Balaban J connectivity index is 2.38. The lowest BCUT2D eigenvalue weighted by Crippen LogP contribution is -2.24. The fraction of sp³-hybridized carbons (Fsp3) is 0.182. The van der Waals surface area contributed by atoms with Crippen LogP contribution in [0.25, 0.3) is 0 Å². The van der Waals surface area contributed by atoms with E-state index in [1.54, 1.807) is 0 Å². The van der Waals surface area contributed by atoms with Gasteiger partial charge in [0.1, 0.15) is 5.88 Å². The smallest absolute Gasteiger partial charge is 0.235 e. The molecule has 1 aromatic carbocycles. The van der Waals surface area contributed by atoms with Crippen LogP contribution in [0.4, 0.5) is 0 Å². The highest BCUT2D eigenvalue weighted by molar-refractivity contribution is 6.27. The van der Waals surface area contributed by atoms with E-state index in [1.165, 1.54) is 0 Å². The number of halogens is 1. The third-order valence-electron chi connectivity index (χ3n) is 1.50. The maximum Gasteiger partial charge on any atom is 0.235 e. The summed E-state index contributed by atoms with van der Waals surface area (Å²) < 4.78 is 0. The highest BCUT2D eigenvalue weighted by atomic mass is 35.5. The van der Waals surface area contributed by atoms with Crippen molar-refractivity contribution in [2.45, 2.75) is 0 Å². The van der Waals surface area contributed by atoms with E-state index in [2.05, 4.69) is 17.2 Å². The van der Waals surface area contributed by atoms with Crippen LogP contribution in [0.3, 0.4) is 0 Å². The predicted octanol–water partition coefficient (Wildman–Crippen LogP) is 1.39. The van der Waals surface area contributed by atoms with Gasteiger partial charge in [-0.3, -0.25) is 4.79 Å². The van der Waals surface area contributed by atoms with Crippen molar-refractivity contribution in [2.24, 2.45) is 0 Å². The quantitative estimate of drug-likeness (QED) is 0.577. The Morgan fingerprint density at radius 3 is 2.71 bits per heavy atom. The van der Waals surface area contributed by atoms with Crippen molar-refractivity contribution in [3.05, 3.63) is 35.9 Å². The molecule has 0 aromatic heterocycles. The van der Waals surface area contributed by atoms with Crippen LogP contribution in [0, 0.1) is 11.8 Å². The molecule has 1 amide bonds. The molecule has 0 bridgehead atoms. The Kier molecular flexibility index (Phi) is 4.60.